The molecule has 0 nitrogen and oxygen atoms in total. The normalized spacial score (nSPS) is 29.2. The first-order valence-electron chi connectivity index (χ1n) is 5.29. The molecular weight excluding hydrogens is 160 g/mol. The van der Waals surface area contributed by atoms with Crippen LogP contribution in [0, 0.1) is 11.3 Å². The third kappa shape index (κ3) is 3.30. The molecule has 12 heavy (non-hydrogen) atoms. The Balaban J connectivity index is 2.39. The molecular formula is C11H24Si. The van der Waals surface area contributed by atoms with Crippen molar-refractivity contribution in [1.82, 2.24) is 0 Å². The van der Waals surface area contributed by atoms with Gasteiger partial charge in [0.05, 0.1) is 0 Å². The van der Waals surface area contributed by atoms with Crippen molar-refractivity contribution in [1.29, 1.82) is 0 Å². The largest absolute Gasteiger partial charge is 0.0693 e. The molecule has 1 aliphatic rings. The number of rotatable bonds is 1. The second-order valence-corrected chi connectivity index (χ2v) is 11.8. The van der Waals surface area contributed by atoms with Gasteiger partial charge in [-0.2, -0.15) is 0 Å². The van der Waals surface area contributed by atoms with E-state index in [1.54, 1.807) is 12.1 Å². The molecule has 0 amide bonds. The summed E-state index contributed by atoms with van der Waals surface area (Å²) >= 11 is 0. The lowest BCUT2D eigenvalue weighted by molar-refractivity contribution is 0.308. The lowest BCUT2D eigenvalue weighted by Crippen LogP contribution is -2.20. The van der Waals surface area contributed by atoms with Crippen molar-refractivity contribution in [3.05, 3.63) is 0 Å². The maximum Gasteiger partial charge on any atom is 0.0476 e. The summed E-state index contributed by atoms with van der Waals surface area (Å²) in [5.41, 5.74) is 0.555. The minimum atomic E-state index is -0.703. The summed E-state index contributed by atoms with van der Waals surface area (Å²) in [5.74, 6) is 1.06. The van der Waals surface area contributed by atoms with Gasteiger partial charge < -0.3 is 0 Å². The van der Waals surface area contributed by atoms with E-state index < -0.39 is 8.07 Å². The van der Waals surface area contributed by atoms with Gasteiger partial charge in [-0.25, -0.2) is 0 Å². The fraction of sp³-hybridized carbons (Fsp3) is 1.00. The van der Waals surface area contributed by atoms with Gasteiger partial charge in [0.15, 0.2) is 0 Å². The molecule has 0 aromatic rings. The van der Waals surface area contributed by atoms with Crippen molar-refractivity contribution < 1.29 is 0 Å². The number of hydrogen-bond acceptors (Lipinski definition) is 0. The average Bonchev–Trinajstić information content (AvgIpc) is 2.05. The molecule has 0 aromatic carbocycles. The molecule has 0 N–H and O–H groups in total. The molecule has 1 rings (SSSR count). The molecule has 1 atom stereocenters. The maximum atomic E-state index is 2.55. The van der Waals surface area contributed by atoms with Gasteiger partial charge in [-0.05, 0) is 17.8 Å². The highest BCUT2D eigenvalue weighted by atomic mass is 28.3. The van der Waals surface area contributed by atoms with E-state index in [4.69, 9.17) is 0 Å². The fourth-order valence-corrected chi connectivity index (χ4v) is 5.93. The standard InChI is InChI=1S/C11H24Si/c1-11(2,3)8-10-6-7-12(4,5)9-10/h10H,6-9H2,1-5H3. The Morgan fingerprint density at radius 2 is 1.83 bits per heavy atom. The summed E-state index contributed by atoms with van der Waals surface area (Å²) in [4.78, 5) is 0. The van der Waals surface area contributed by atoms with E-state index >= 15 is 0 Å². The van der Waals surface area contributed by atoms with Gasteiger partial charge in [-0.3, -0.25) is 0 Å². The first kappa shape index (κ1) is 10.3. The lowest BCUT2D eigenvalue weighted by atomic mass is 9.84. The maximum absolute atomic E-state index is 2.55. The quantitative estimate of drug-likeness (QED) is 0.537. The molecule has 1 saturated heterocycles. The van der Waals surface area contributed by atoms with Gasteiger partial charge >= 0.3 is 0 Å². The van der Waals surface area contributed by atoms with Crippen molar-refractivity contribution in [3.63, 3.8) is 0 Å². The summed E-state index contributed by atoms with van der Waals surface area (Å²) in [6, 6.07) is 3.16. The van der Waals surface area contributed by atoms with Crippen molar-refractivity contribution >= 4 is 8.07 Å². The van der Waals surface area contributed by atoms with Crippen LogP contribution in [-0.2, 0) is 0 Å². The topological polar surface area (TPSA) is 0 Å². The van der Waals surface area contributed by atoms with Crippen LogP contribution in [0.1, 0.15) is 33.6 Å². The van der Waals surface area contributed by atoms with E-state index in [9.17, 15) is 0 Å². The second kappa shape index (κ2) is 3.17. The van der Waals surface area contributed by atoms with Gasteiger partial charge in [0.25, 0.3) is 0 Å². The smallest absolute Gasteiger partial charge is 0.0476 e. The molecule has 1 heteroatoms. The van der Waals surface area contributed by atoms with Crippen LogP contribution >= 0.6 is 0 Å². The van der Waals surface area contributed by atoms with Crippen LogP contribution < -0.4 is 0 Å². The first-order chi connectivity index (χ1) is 5.29. The van der Waals surface area contributed by atoms with Crippen LogP contribution in [0.15, 0.2) is 0 Å². The molecule has 1 heterocycles. The van der Waals surface area contributed by atoms with Gasteiger partial charge in [0.2, 0.25) is 0 Å². The SMILES string of the molecule is CC(C)(C)CC1CC[Si](C)(C)C1. The monoisotopic (exact) mass is 184 g/mol. The molecule has 0 aliphatic carbocycles. The van der Waals surface area contributed by atoms with E-state index in [-0.39, 0.29) is 0 Å². The van der Waals surface area contributed by atoms with Gasteiger partial charge in [-0.15, -0.1) is 0 Å². The highest BCUT2D eigenvalue weighted by Gasteiger charge is 2.34. The third-order valence-corrected chi connectivity index (χ3v) is 6.30. The third-order valence-electron chi connectivity index (χ3n) is 2.97. The summed E-state index contributed by atoms with van der Waals surface area (Å²) < 4.78 is 0. The predicted molar refractivity (Wildman–Crippen MR) is 59.3 cm³/mol. The Hall–Kier alpha value is 0.217. The van der Waals surface area contributed by atoms with Gasteiger partial charge in [0.1, 0.15) is 0 Å². The van der Waals surface area contributed by atoms with E-state index in [1.807, 2.05) is 0 Å². The summed E-state index contributed by atoms with van der Waals surface area (Å²) in [7, 11) is -0.703. The molecule has 1 aliphatic heterocycles. The summed E-state index contributed by atoms with van der Waals surface area (Å²) in [5, 5.41) is 0. The van der Waals surface area contributed by atoms with Crippen LogP contribution in [0.3, 0.4) is 0 Å². The fourth-order valence-electron chi connectivity index (χ4n) is 2.62. The van der Waals surface area contributed by atoms with Crippen LogP contribution in [0.5, 0.6) is 0 Å². The Bertz CT molecular complexity index is 153. The Kier molecular flexibility index (Phi) is 2.72. The molecule has 1 unspecified atom stereocenters. The van der Waals surface area contributed by atoms with E-state index in [1.165, 1.54) is 12.8 Å². The minimum Gasteiger partial charge on any atom is -0.0693 e. The highest BCUT2D eigenvalue weighted by molar-refractivity contribution is 6.78. The Morgan fingerprint density at radius 1 is 1.25 bits per heavy atom. The van der Waals surface area contributed by atoms with E-state index in [0.717, 1.165) is 5.92 Å². The minimum absolute atomic E-state index is 0.555. The van der Waals surface area contributed by atoms with Crippen LogP contribution in [0.25, 0.3) is 0 Å². The Morgan fingerprint density at radius 3 is 2.17 bits per heavy atom. The zero-order chi connectivity index (χ0) is 9.41. The molecule has 0 saturated carbocycles. The predicted octanol–water partition coefficient (Wildman–Crippen LogP) is 4.15. The van der Waals surface area contributed by atoms with Crippen LogP contribution in [0.4, 0.5) is 0 Å². The van der Waals surface area contributed by atoms with Gasteiger partial charge in [-0.1, -0.05) is 52.4 Å². The van der Waals surface area contributed by atoms with Crippen molar-refractivity contribution in [3.8, 4) is 0 Å². The first-order valence-corrected chi connectivity index (χ1v) is 8.70. The lowest BCUT2D eigenvalue weighted by Gasteiger charge is -2.23. The average molecular weight is 184 g/mol. The zero-order valence-electron chi connectivity index (χ0n) is 9.41. The highest BCUT2D eigenvalue weighted by Crippen LogP contribution is 2.40. The second-order valence-electron chi connectivity index (χ2n) is 6.54. The Labute approximate surface area is 78.8 Å². The van der Waals surface area contributed by atoms with Crippen molar-refractivity contribution in [2.24, 2.45) is 11.3 Å². The van der Waals surface area contributed by atoms with Crippen LogP contribution in [0.2, 0.25) is 25.2 Å². The molecule has 0 aromatic heterocycles. The van der Waals surface area contributed by atoms with E-state index in [0.29, 0.717) is 5.41 Å². The molecule has 0 bridgehead atoms. The summed E-state index contributed by atoms with van der Waals surface area (Å²) in [6.45, 7) is 12.2. The summed E-state index contributed by atoms with van der Waals surface area (Å²) in [6.07, 6.45) is 2.97. The zero-order valence-corrected chi connectivity index (χ0v) is 10.4. The van der Waals surface area contributed by atoms with E-state index in [2.05, 4.69) is 33.9 Å². The molecule has 0 spiro atoms. The van der Waals surface area contributed by atoms with Gasteiger partial charge in [0, 0.05) is 8.07 Å². The number of hydrogen-bond donors (Lipinski definition) is 0. The van der Waals surface area contributed by atoms with Crippen LogP contribution in [-0.4, -0.2) is 8.07 Å². The molecule has 1 fully saturated rings. The van der Waals surface area contributed by atoms with Crippen molar-refractivity contribution in [2.45, 2.75) is 58.8 Å². The molecule has 0 radical (unpaired) electrons. The molecule has 72 valence electrons. The van der Waals surface area contributed by atoms with Crippen molar-refractivity contribution in [2.75, 3.05) is 0 Å².